The van der Waals surface area contributed by atoms with Crippen molar-refractivity contribution in [2.75, 3.05) is 37.3 Å². The number of alkyl halides is 3. The molecule has 1 aliphatic heterocycles. The van der Waals surface area contributed by atoms with Gasteiger partial charge in [-0.3, -0.25) is 0 Å². The van der Waals surface area contributed by atoms with Gasteiger partial charge in [0.1, 0.15) is 34.8 Å². The van der Waals surface area contributed by atoms with Gasteiger partial charge in [0.05, 0.1) is 28.8 Å². The highest BCUT2D eigenvalue weighted by atomic mass is 19.4. The topological polar surface area (TPSA) is 131 Å². The van der Waals surface area contributed by atoms with Crippen molar-refractivity contribution in [3.8, 4) is 29.2 Å². The summed E-state index contributed by atoms with van der Waals surface area (Å²) < 4.78 is 84.9. The van der Waals surface area contributed by atoms with E-state index in [-0.39, 0.29) is 29.7 Å². The lowest BCUT2D eigenvalue weighted by Crippen LogP contribution is -2.26. The van der Waals surface area contributed by atoms with Crippen LogP contribution in [0.3, 0.4) is 0 Å². The molecule has 2 aromatic heterocycles. The number of aromatic nitrogens is 3. The van der Waals surface area contributed by atoms with E-state index in [1.807, 2.05) is 0 Å². The van der Waals surface area contributed by atoms with Gasteiger partial charge in [-0.05, 0) is 51.3 Å². The maximum atomic E-state index is 16.3. The van der Waals surface area contributed by atoms with Crippen molar-refractivity contribution >= 4 is 22.4 Å². The van der Waals surface area contributed by atoms with Gasteiger partial charge >= 0.3 is 12.2 Å². The highest BCUT2D eigenvalue weighted by molar-refractivity contribution is 5.96. The normalized spacial score (nSPS) is 18.7. The molecule has 0 amide bonds. The van der Waals surface area contributed by atoms with E-state index in [0.29, 0.717) is 45.0 Å². The van der Waals surface area contributed by atoms with E-state index in [2.05, 4.69) is 31.7 Å². The van der Waals surface area contributed by atoms with Gasteiger partial charge in [0.25, 0.3) is 0 Å². The van der Waals surface area contributed by atoms with E-state index in [1.54, 1.807) is 6.92 Å². The second-order valence-corrected chi connectivity index (χ2v) is 10.1. The maximum Gasteiger partial charge on any atom is 0.417 e. The van der Waals surface area contributed by atoms with Crippen molar-refractivity contribution in [1.29, 1.82) is 5.26 Å². The lowest BCUT2D eigenvalue weighted by Gasteiger charge is -2.21. The number of pyridine rings is 1. The largest absolute Gasteiger partial charge is 0.474 e. The molecule has 0 saturated heterocycles. The molecule has 40 heavy (non-hydrogen) atoms. The van der Waals surface area contributed by atoms with Crippen LogP contribution in [0.15, 0.2) is 6.07 Å². The number of nitrogen functional groups attached to an aromatic ring is 1. The standard InChI is InChI=1S/C26H26F5N7O2/c1-12-3-6-34-7-8-35-22-16-21(37-24(38-22)39-11-25(10-32)4-5-25)19(28)20(36-23(16)40-12)14-9-15(33)18(27)13(2)17(14)26(29,30)31/h9,12,34H,3-8,11,33H2,1-2H3,(H,35,37,38). The molecule has 0 spiro atoms. The van der Waals surface area contributed by atoms with E-state index < -0.39 is 62.9 Å². The Hall–Kier alpha value is -3.99. The smallest absolute Gasteiger partial charge is 0.417 e. The third-order valence-electron chi connectivity index (χ3n) is 7.00. The first-order valence-corrected chi connectivity index (χ1v) is 12.7. The van der Waals surface area contributed by atoms with Gasteiger partial charge in [-0.25, -0.2) is 13.8 Å². The van der Waals surface area contributed by atoms with Crippen molar-refractivity contribution in [2.45, 2.75) is 45.4 Å². The van der Waals surface area contributed by atoms with Crippen LogP contribution in [-0.2, 0) is 6.18 Å². The zero-order valence-electron chi connectivity index (χ0n) is 21.7. The van der Waals surface area contributed by atoms with Gasteiger partial charge in [0, 0.05) is 18.7 Å². The minimum atomic E-state index is -5.06. The molecule has 3 aromatic rings. The fourth-order valence-corrected chi connectivity index (χ4v) is 4.54. The average Bonchev–Trinajstić information content (AvgIpc) is 3.68. The summed E-state index contributed by atoms with van der Waals surface area (Å²) in [6.07, 6.45) is -3.77. The van der Waals surface area contributed by atoms with Gasteiger partial charge < -0.3 is 25.8 Å². The van der Waals surface area contributed by atoms with Crippen LogP contribution in [-0.4, -0.2) is 47.3 Å². The quantitative estimate of drug-likeness (QED) is 0.304. The van der Waals surface area contributed by atoms with Crippen LogP contribution in [0.1, 0.15) is 37.3 Å². The summed E-state index contributed by atoms with van der Waals surface area (Å²) >= 11 is 0. The molecule has 2 aliphatic rings. The number of rotatable bonds is 4. The average molecular weight is 564 g/mol. The zero-order chi connectivity index (χ0) is 28.8. The number of anilines is 2. The third-order valence-corrected chi connectivity index (χ3v) is 7.00. The number of halogens is 5. The number of benzene rings is 1. The molecular weight excluding hydrogens is 537 g/mol. The van der Waals surface area contributed by atoms with E-state index >= 15 is 4.39 Å². The minimum Gasteiger partial charge on any atom is -0.474 e. The number of nitriles is 1. The number of nitrogens with zero attached hydrogens (tertiary/aromatic N) is 4. The lowest BCUT2D eigenvalue weighted by atomic mass is 9.96. The fraction of sp³-hybridized carbons (Fsp3) is 0.462. The van der Waals surface area contributed by atoms with E-state index in [4.69, 9.17) is 15.2 Å². The third kappa shape index (κ3) is 5.13. The fourth-order valence-electron chi connectivity index (χ4n) is 4.54. The summed E-state index contributed by atoms with van der Waals surface area (Å²) in [6, 6.07) is 2.60. The molecule has 212 valence electrons. The lowest BCUT2D eigenvalue weighted by molar-refractivity contribution is -0.137. The van der Waals surface area contributed by atoms with Crippen LogP contribution in [0.5, 0.6) is 11.9 Å². The Morgan fingerprint density at radius 3 is 2.60 bits per heavy atom. The summed E-state index contributed by atoms with van der Waals surface area (Å²) in [5.74, 6) is -2.60. The molecular formula is C26H26F5N7O2. The Balaban J connectivity index is 1.78. The maximum absolute atomic E-state index is 16.3. The van der Waals surface area contributed by atoms with Crippen molar-refractivity contribution < 1.29 is 31.4 Å². The molecule has 1 aliphatic carbocycles. The van der Waals surface area contributed by atoms with Crippen LogP contribution in [0, 0.1) is 35.3 Å². The van der Waals surface area contributed by atoms with Crippen molar-refractivity contribution in [3.05, 3.63) is 28.8 Å². The van der Waals surface area contributed by atoms with Crippen LogP contribution in [0.2, 0.25) is 0 Å². The van der Waals surface area contributed by atoms with Gasteiger partial charge in [0.15, 0.2) is 5.82 Å². The second-order valence-electron chi connectivity index (χ2n) is 10.1. The highest BCUT2D eigenvalue weighted by Crippen LogP contribution is 2.46. The molecule has 1 aromatic carbocycles. The predicted octanol–water partition coefficient (Wildman–Crippen LogP) is 4.73. The first-order chi connectivity index (χ1) is 18.9. The molecule has 3 heterocycles. The molecule has 1 saturated carbocycles. The van der Waals surface area contributed by atoms with Crippen LogP contribution in [0.4, 0.5) is 33.5 Å². The summed E-state index contributed by atoms with van der Waals surface area (Å²) in [7, 11) is 0. The van der Waals surface area contributed by atoms with Gasteiger partial charge in [-0.2, -0.15) is 28.4 Å². The molecule has 4 N–H and O–H groups in total. The Kier molecular flexibility index (Phi) is 7.03. The van der Waals surface area contributed by atoms with E-state index in [0.717, 1.165) is 6.92 Å². The zero-order valence-corrected chi connectivity index (χ0v) is 21.7. The number of ether oxygens (including phenoxy) is 2. The molecule has 9 nitrogen and oxygen atoms in total. The second kappa shape index (κ2) is 10.2. The number of hydrogen-bond donors (Lipinski definition) is 3. The Morgan fingerprint density at radius 1 is 1.18 bits per heavy atom. The molecule has 5 rings (SSSR count). The van der Waals surface area contributed by atoms with Gasteiger partial charge in [-0.1, -0.05) is 0 Å². The van der Waals surface area contributed by atoms with Crippen molar-refractivity contribution in [1.82, 2.24) is 20.3 Å². The Labute approximate surface area is 225 Å². The van der Waals surface area contributed by atoms with Crippen LogP contribution in [0.25, 0.3) is 22.2 Å². The first kappa shape index (κ1) is 27.6. The Morgan fingerprint density at radius 2 is 1.93 bits per heavy atom. The minimum absolute atomic E-state index is 0.00383. The molecule has 1 unspecified atom stereocenters. The highest BCUT2D eigenvalue weighted by Gasteiger charge is 2.44. The predicted molar refractivity (Wildman–Crippen MR) is 136 cm³/mol. The molecule has 1 atom stereocenters. The first-order valence-electron chi connectivity index (χ1n) is 12.7. The SMILES string of the molecule is Cc1c(F)c(N)cc(-c2nc3c4c(nc(OCC5(C#N)CC5)nc4c2F)NCCNCCC(C)O3)c1C(F)(F)F. The number of nitrogens with one attached hydrogen (secondary N) is 2. The van der Waals surface area contributed by atoms with Crippen LogP contribution < -0.4 is 25.8 Å². The van der Waals surface area contributed by atoms with Crippen molar-refractivity contribution in [3.63, 3.8) is 0 Å². The van der Waals surface area contributed by atoms with E-state index in [1.165, 1.54) is 0 Å². The summed E-state index contributed by atoms with van der Waals surface area (Å²) in [5, 5.41) is 15.7. The number of hydrogen-bond acceptors (Lipinski definition) is 9. The van der Waals surface area contributed by atoms with Gasteiger partial charge in [0.2, 0.25) is 5.88 Å². The summed E-state index contributed by atoms with van der Waals surface area (Å²) in [5.41, 5.74) is 0.228. The molecule has 0 bridgehead atoms. The summed E-state index contributed by atoms with van der Waals surface area (Å²) in [6.45, 7) is 4.06. The molecule has 14 heteroatoms. The van der Waals surface area contributed by atoms with Gasteiger partial charge in [-0.15, -0.1) is 0 Å². The Bertz CT molecular complexity index is 1520. The molecule has 1 fully saturated rings. The number of nitrogens with two attached hydrogens (primary N) is 1. The van der Waals surface area contributed by atoms with Crippen LogP contribution >= 0.6 is 0 Å². The molecule has 0 radical (unpaired) electrons. The van der Waals surface area contributed by atoms with E-state index in [9.17, 15) is 22.8 Å². The monoisotopic (exact) mass is 563 g/mol. The van der Waals surface area contributed by atoms with Crippen molar-refractivity contribution in [2.24, 2.45) is 5.41 Å². The summed E-state index contributed by atoms with van der Waals surface area (Å²) in [4.78, 5) is 12.7.